The van der Waals surface area contributed by atoms with Crippen molar-refractivity contribution in [2.45, 2.75) is 46.1 Å². The molecule has 0 aliphatic heterocycles. The van der Waals surface area contributed by atoms with E-state index < -0.39 is 0 Å². The van der Waals surface area contributed by atoms with Crippen LogP contribution in [0.2, 0.25) is 0 Å². The Morgan fingerprint density at radius 3 is 2.59 bits per heavy atom. The first-order chi connectivity index (χ1) is 10.4. The predicted molar refractivity (Wildman–Crippen MR) is 87.5 cm³/mol. The topological polar surface area (TPSA) is 54.9 Å². The van der Waals surface area contributed by atoms with Gasteiger partial charge in [0.15, 0.2) is 0 Å². The highest BCUT2D eigenvalue weighted by Crippen LogP contribution is 2.22. The number of hydrogen-bond donors (Lipinski definition) is 1. The number of nitrogens with zero attached hydrogens (tertiary/aromatic N) is 2. The SMILES string of the molecule is Cc1ccccc1CC(=O)NCc1cncnc1C(C)(C)C. The minimum atomic E-state index is -0.0704. The van der Waals surface area contributed by atoms with Gasteiger partial charge in [-0.1, -0.05) is 45.0 Å². The Bertz CT molecular complexity index is 659. The van der Waals surface area contributed by atoms with E-state index in [4.69, 9.17) is 0 Å². The molecule has 116 valence electrons. The van der Waals surface area contributed by atoms with Gasteiger partial charge in [0, 0.05) is 23.7 Å². The van der Waals surface area contributed by atoms with Gasteiger partial charge in [-0.15, -0.1) is 0 Å². The lowest BCUT2D eigenvalue weighted by Gasteiger charge is -2.21. The molecular formula is C18H23N3O. The molecule has 0 unspecified atom stereocenters. The van der Waals surface area contributed by atoms with Crippen LogP contribution in [0.25, 0.3) is 0 Å². The van der Waals surface area contributed by atoms with Crippen LogP contribution in [-0.2, 0) is 23.2 Å². The summed E-state index contributed by atoms with van der Waals surface area (Å²) in [4.78, 5) is 20.6. The molecular weight excluding hydrogens is 274 g/mol. The van der Waals surface area contributed by atoms with Crippen molar-refractivity contribution in [1.29, 1.82) is 0 Å². The second-order valence-electron chi connectivity index (χ2n) is 6.53. The van der Waals surface area contributed by atoms with E-state index in [1.54, 1.807) is 12.5 Å². The normalized spacial score (nSPS) is 11.3. The maximum Gasteiger partial charge on any atom is 0.224 e. The number of carbonyl (C=O) groups is 1. The van der Waals surface area contributed by atoms with Gasteiger partial charge in [-0.25, -0.2) is 9.97 Å². The highest BCUT2D eigenvalue weighted by atomic mass is 16.1. The summed E-state index contributed by atoms with van der Waals surface area (Å²) < 4.78 is 0. The molecule has 0 saturated heterocycles. The summed E-state index contributed by atoms with van der Waals surface area (Å²) in [6.07, 6.45) is 3.73. The maximum atomic E-state index is 12.1. The molecule has 1 N–H and O–H groups in total. The van der Waals surface area contributed by atoms with E-state index in [1.165, 1.54) is 0 Å². The van der Waals surface area contributed by atoms with Crippen molar-refractivity contribution in [3.63, 3.8) is 0 Å². The van der Waals surface area contributed by atoms with Crippen molar-refractivity contribution in [2.24, 2.45) is 0 Å². The van der Waals surface area contributed by atoms with Crippen LogP contribution in [0.5, 0.6) is 0 Å². The lowest BCUT2D eigenvalue weighted by molar-refractivity contribution is -0.120. The summed E-state index contributed by atoms with van der Waals surface area (Å²) in [5, 5.41) is 2.97. The molecule has 2 rings (SSSR count). The van der Waals surface area contributed by atoms with Crippen molar-refractivity contribution in [2.75, 3.05) is 0 Å². The quantitative estimate of drug-likeness (QED) is 0.944. The Kier molecular flexibility index (Phi) is 4.91. The van der Waals surface area contributed by atoms with E-state index in [0.29, 0.717) is 13.0 Å². The van der Waals surface area contributed by atoms with Crippen LogP contribution in [0.4, 0.5) is 0 Å². The number of aromatic nitrogens is 2. The lowest BCUT2D eigenvalue weighted by Crippen LogP contribution is -2.27. The largest absolute Gasteiger partial charge is 0.352 e. The molecule has 1 aromatic carbocycles. The number of carbonyl (C=O) groups excluding carboxylic acids is 1. The number of amides is 1. The molecule has 0 atom stereocenters. The van der Waals surface area contributed by atoms with Crippen LogP contribution >= 0.6 is 0 Å². The molecule has 1 heterocycles. The summed E-state index contributed by atoms with van der Waals surface area (Å²) >= 11 is 0. The van der Waals surface area contributed by atoms with Gasteiger partial charge in [0.2, 0.25) is 5.91 Å². The number of hydrogen-bond acceptors (Lipinski definition) is 3. The van der Waals surface area contributed by atoms with Crippen LogP contribution in [0, 0.1) is 6.92 Å². The molecule has 22 heavy (non-hydrogen) atoms. The van der Waals surface area contributed by atoms with Gasteiger partial charge < -0.3 is 5.32 Å². The highest BCUT2D eigenvalue weighted by Gasteiger charge is 2.19. The van der Waals surface area contributed by atoms with Gasteiger partial charge in [0.1, 0.15) is 6.33 Å². The third-order valence-electron chi connectivity index (χ3n) is 3.59. The third kappa shape index (κ3) is 4.13. The zero-order valence-corrected chi connectivity index (χ0v) is 13.7. The molecule has 0 fully saturated rings. The number of aryl methyl sites for hydroxylation is 1. The van der Waals surface area contributed by atoms with Gasteiger partial charge in [0.05, 0.1) is 12.1 Å². The molecule has 2 aromatic rings. The van der Waals surface area contributed by atoms with E-state index in [-0.39, 0.29) is 11.3 Å². The minimum Gasteiger partial charge on any atom is -0.352 e. The van der Waals surface area contributed by atoms with Gasteiger partial charge in [-0.2, -0.15) is 0 Å². The first kappa shape index (κ1) is 16.1. The van der Waals surface area contributed by atoms with Crippen LogP contribution < -0.4 is 5.32 Å². The molecule has 4 nitrogen and oxygen atoms in total. The van der Waals surface area contributed by atoms with E-state index in [1.807, 2.05) is 31.2 Å². The first-order valence-corrected chi connectivity index (χ1v) is 7.48. The number of benzene rings is 1. The van der Waals surface area contributed by atoms with Crippen LogP contribution in [-0.4, -0.2) is 15.9 Å². The molecule has 0 spiro atoms. The van der Waals surface area contributed by atoms with E-state index >= 15 is 0 Å². The monoisotopic (exact) mass is 297 g/mol. The van der Waals surface area contributed by atoms with Crippen LogP contribution in [0.15, 0.2) is 36.8 Å². The van der Waals surface area contributed by atoms with Crippen molar-refractivity contribution in [1.82, 2.24) is 15.3 Å². The Hall–Kier alpha value is -2.23. The fraction of sp³-hybridized carbons (Fsp3) is 0.389. The maximum absolute atomic E-state index is 12.1. The summed E-state index contributed by atoms with van der Waals surface area (Å²) in [5.41, 5.74) is 4.06. The molecule has 0 aliphatic rings. The average Bonchev–Trinajstić information content (AvgIpc) is 2.47. The second kappa shape index (κ2) is 6.69. The predicted octanol–water partition coefficient (Wildman–Crippen LogP) is 2.94. The zero-order valence-electron chi connectivity index (χ0n) is 13.7. The summed E-state index contributed by atoms with van der Waals surface area (Å²) in [6.45, 7) is 8.79. The fourth-order valence-corrected chi connectivity index (χ4v) is 2.40. The van der Waals surface area contributed by atoms with Crippen molar-refractivity contribution >= 4 is 5.91 Å². The summed E-state index contributed by atoms with van der Waals surface area (Å²) in [7, 11) is 0. The Labute approximate surface area is 132 Å². The third-order valence-corrected chi connectivity index (χ3v) is 3.59. The van der Waals surface area contributed by atoms with Crippen molar-refractivity contribution in [3.8, 4) is 0 Å². The lowest BCUT2D eigenvalue weighted by atomic mass is 9.89. The number of rotatable bonds is 4. The van der Waals surface area contributed by atoms with E-state index in [0.717, 1.165) is 22.4 Å². The molecule has 0 radical (unpaired) electrons. The minimum absolute atomic E-state index is 0.0120. The van der Waals surface area contributed by atoms with Crippen molar-refractivity contribution in [3.05, 3.63) is 59.2 Å². The molecule has 0 aliphatic carbocycles. The summed E-state index contributed by atoms with van der Waals surface area (Å²) in [5.74, 6) is 0.0120. The molecule has 4 heteroatoms. The van der Waals surface area contributed by atoms with E-state index in [2.05, 4.69) is 36.1 Å². The van der Waals surface area contributed by atoms with Gasteiger partial charge in [-0.05, 0) is 18.1 Å². The Morgan fingerprint density at radius 2 is 1.91 bits per heavy atom. The van der Waals surface area contributed by atoms with Crippen LogP contribution in [0.1, 0.15) is 43.2 Å². The first-order valence-electron chi connectivity index (χ1n) is 7.48. The summed E-state index contributed by atoms with van der Waals surface area (Å²) in [6, 6.07) is 7.94. The molecule has 1 aromatic heterocycles. The van der Waals surface area contributed by atoms with Gasteiger partial charge in [0.25, 0.3) is 0 Å². The average molecular weight is 297 g/mol. The van der Waals surface area contributed by atoms with Crippen LogP contribution in [0.3, 0.4) is 0 Å². The molecule has 0 bridgehead atoms. The molecule has 1 amide bonds. The fourth-order valence-electron chi connectivity index (χ4n) is 2.40. The highest BCUT2D eigenvalue weighted by molar-refractivity contribution is 5.78. The zero-order chi connectivity index (χ0) is 16.2. The second-order valence-corrected chi connectivity index (χ2v) is 6.53. The smallest absolute Gasteiger partial charge is 0.224 e. The number of nitrogens with one attached hydrogen (secondary N) is 1. The standard InChI is InChI=1S/C18H23N3O/c1-13-7-5-6-8-14(13)9-16(22)20-11-15-10-19-12-21-17(15)18(2,3)4/h5-8,10,12H,9,11H2,1-4H3,(H,20,22). The Morgan fingerprint density at radius 1 is 1.18 bits per heavy atom. The van der Waals surface area contributed by atoms with Crippen molar-refractivity contribution < 1.29 is 4.79 Å². The molecule has 0 saturated carbocycles. The van der Waals surface area contributed by atoms with Gasteiger partial charge >= 0.3 is 0 Å². The van der Waals surface area contributed by atoms with E-state index in [9.17, 15) is 4.79 Å². The van der Waals surface area contributed by atoms with Gasteiger partial charge in [-0.3, -0.25) is 4.79 Å². The Balaban J connectivity index is 2.02.